The number of hydrogen-bond acceptors (Lipinski definition) is 6. The quantitative estimate of drug-likeness (QED) is 0.144. The Morgan fingerprint density at radius 2 is 1.64 bits per heavy atom. The molecule has 0 bridgehead atoms. The van der Waals surface area contributed by atoms with Crippen molar-refractivity contribution in [1.82, 2.24) is 20.3 Å². The molecule has 2 heterocycles. The molecule has 214 valence electrons. The molecule has 0 radical (unpaired) electrons. The Morgan fingerprint density at radius 1 is 0.833 bits per heavy atom. The maximum absolute atomic E-state index is 13.4. The Morgan fingerprint density at radius 3 is 2.43 bits per heavy atom. The number of halogens is 2. The number of fused-ring (bicyclic) bond motifs is 1. The lowest BCUT2D eigenvalue weighted by Gasteiger charge is -2.21. The molecule has 9 heteroatoms. The lowest BCUT2D eigenvalue weighted by molar-refractivity contribution is -0.122. The van der Waals surface area contributed by atoms with Gasteiger partial charge in [0.2, 0.25) is 11.9 Å². The Hall–Kier alpha value is -4.20. The fourth-order valence-electron chi connectivity index (χ4n) is 4.58. The summed E-state index contributed by atoms with van der Waals surface area (Å²) in [5.74, 6) is 1.12. The fourth-order valence-corrected chi connectivity index (χ4v) is 4.92. The van der Waals surface area contributed by atoms with Crippen molar-refractivity contribution in [1.29, 1.82) is 0 Å². The molecule has 5 rings (SSSR count). The van der Waals surface area contributed by atoms with Gasteiger partial charge in [0.15, 0.2) is 0 Å². The number of aromatic nitrogens is 3. The van der Waals surface area contributed by atoms with E-state index in [0.717, 1.165) is 27.6 Å². The van der Waals surface area contributed by atoms with E-state index in [0.29, 0.717) is 47.0 Å². The molecule has 3 aromatic carbocycles. The number of pyridine rings is 1. The molecule has 0 fully saturated rings. The van der Waals surface area contributed by atoms with E-state index in [-0.39, 0.29) is 11.8 Å². The molecular formula is C33H32Cl2N6O. The zero-order chi connectivity index (χ0) is 29.5. The van der Waals surface area contributed by atoms with Crippen molar-refractivity contribution in [3.8, 4) is 11.3 Å². The summed E-state index contributed by atoms with van der Waals surface area (Å²) in [4.78, 5) is 27.5. The average molecular weight is 600 g/mol. The molecule has 1 amide bonds. The summed E-state index contributed by atoms with van der Waals surface area (Å²) in [7, 11) is 0. The van der Waals surface area contributed by atoms with Crippen molar-refractivity contribution in [2.75, 3.05) is 10.6 Å². The van der Waals surface area contributed by atoms with Crippen LogP contribution in [0.1, 0.15) is 31.4 Å². The summed E-state index contributed by atoms with van der Waals surface area (Å²) >= 11 is 12.2. The molecule has 0 aliphatic heterocycles. The highest BCUT2D eigenvalue weighted by molar-refractivity contribution is 6.30. The van der Waals surface area contributed by atoms with Crippen LogP contribution in [0.25, 0.3) is 22.2 Å². The number of para-hydroxylation sites is 1. The Bertz CT molecular complexity index is 1680. The number of nitrogens with one attached hydrogen (secondary N) is 3. The van der Waals surface area contributed by atoms with Gasteiger partial charge >= 0.3 is 0 Å². The van der Waals surface area contributed by atoms with Gasteiger partial charge in [0.1, 0.15) is 11.9 Å². The first kappa shape index (κ1) is 29.3. The minimum atomic E-state index is -0.504. The van der Waals surface area contributed by atoms with Crippen LogP contribution in [-0.2, 0) is 17.9 Å². The van der Waals surface area contributed by atoms with Gasteiger partial charge in [-0.2, -0.15) is 4.98 Å². The number of benzene rings is 3. The lowest BCUT2D eigenvalue weighted by Crippen LogP contribution is -2.40. The van der Waals surface area contributed by atoms with E-state index < -0.39 is 6.04 Å². The van der Waals surface area contributed by atoms with Crippen LogP contribution in [-0.4, -0.2) is 26.9 Å². The molecule has 5 aromatic rings. The van der Waals surface area contributed by atoms with E-state index in [4.69, 9.17) is 33.2 Å². The van der Waals surface area contributed by atoms with Crippen LogP contribution in [0.5, 0.6) is 0 Å². The monoisotopic (exact) mass is 598 g/mol. The van der Waals surface area contributed by atoms with E-state index >= 15 is 0 Å². The average Bonchev–Trinajstić information content (AvgIpc) is 2.99. The van der Waals surface area contributed by atoms with Crippen LogP contribution in [0.2, 0.25) is 10.0 Å². The molecular weight excluding hydrogens is 567 g/mol. The lowest BCUT2D eigenvalue weighted by atomic mass is 10.0. The van der Waals surface area contributed by atoms with Crippen molar-refractivity contribution < 1.29 is 4.79 Å². The second-order valence-electron chi connectivity index (χ2n) is 10.5. The van der Waals surface area contributed by atoms with Gasteiger partial charge in [-0.25, -0.2) is 4.98 Å². The van der Waals surface area contributed by atoms with Crippen LogP contribution in [0.15, 0.2) is 91.1 Å². The molecule has 0 saturated carbocycles. The van der Waals surface area contributed by atoms with E-state index in [1.54, 1.807) is 6.20 Å². The van der Waals surface area contributed by atoms with Crippen LogP contribution in [0.4, 0.5) is 11.8 Å². The zero-order valence-electron chi connectivity index (χ0n) is 23.4. The minimum absolute atomic E-state index is 0.111. The molecule has 3 N–H and O–H groups in total. The highest BCUT2D eigenvalue weighted by Crippen LogP contribution is 2.25. The number of nitrogens with zero attached hydrogens (tertiary/aromatic N) is 3. The molecule has 2 aromatic heterocycles. The normalized spacial score (nSPS) is 11.8. The molecule has 0 saturated heterocycles. The first-order chi connectivity index (χ1) is 20.3. The zero-order valence-corrected chi connectivity index (χ0v) is 25.0. The molecule has 42 heavy (non-hydrogen) atoms. The van der Waals surface area contributed by atoms with E-state index in [1.807, 2.05) is 78.9 Å². The van der Waals surface area contributed by atoms with Gasteiger partial charge in [-0.3, -0.25) is 9.78 Å². The number of carbonyl (C=O) groups is 1. The topological polar surface area (TPSA) is 91.8 Å². The summed E-state index contributed by atoms with van der Waals surface area (Å²) in [6.45, 7) is 5.06. The fraction of sp³-hybridized carbons (Fsp3) is 0.212. The van der Waals surface area contributed by atoms with Crippen molar-refractivity contribution in [3.05, 3.63) is 112 Å². The van der Waals surface area contributed by atoms with Crippen LogP contribution in [0, 0.1) is 5.92 Å². The summed E-state index contributed by atoms with van der Waals surface area (Å²) in [5, 5.41) is 12.1. The summed E-state index contributed by atoms with van der Waals surface area (Å²) in [6.07, 6.45) is 2.42. The van der Waals surface area contributed by atoms with Gasteiger partial charge in [0.05, 0.1) is 11.2 Å². The molecule has 0 spiro atoms. The number of hydrogen-bond donors (Lipinski definition) is 3. The summed E-state index contributed by atoms with van der Waals surface area (Å²) in [5.41, 5.74) is 4.40. The predicted octanol–water partition coefficient (Wildman–Crippen LogP) is 7.75. The number of amides is 1. The van der Waals surface area contributed by atoms with Crippen molar-refractivity contribution in [2.45, 2.75) is 39.4 Å². The van der Waals surface area contributed by atoms with E-state index in [9.17, 15) is 4.79 Å². The van der Waals surface area contributed by atoms with Gasteiger partial charge in [0.25, 0.3) is 0 Å². The SMILES string of the molecule is CC(C)C[C@@H](Nc1cc(-c2cnc3ccccc3c2)nc(NCc2cccc(Cl)c2)n1)C(=O)NCc1ccc(Cl)cc1. The molecule has 7 nitrogen and oxygen atoms in total. The van der Waals surface area contributed by atoms with Crippen molar-refractivity contribution in [3.63, 3.8) is 0 Å². The largest absolute Gasteiger partial charge is 0.358 e. The van der Waals surface area contributed by atoms with Crippen LogP contribution >= 0.6 is 23.2 Å². The van der Waals surface area contributed by atoms with Crippen LogP contribution < -0.4 is 16.0 Å². The Labute approximate surface area is 255 Å². The van der Waals surface area contributed by atoms with E-state index in [2.05, 4.69) is 40.8 Å². The first-order valence-electron chi connectivity index (χ1n) is 13.8. The van der Waals surface area contributed by atoms with Crippen molar-refractivity contribution in [2.24, 2.45) is 5.92 Å². The maximum atomic E-state index is 13.4. The number of rotatable bonds is 11. The third kappa shape index (κ3) is 7.96. The van der Waals surface area contributed by atoms with E-state index in [1.165, 1.54) is 0 Å². The minimum Gasteiger partial charge on any atom is -0.358 e. The summed E-state index contributed by atoms with van der Waals surface area (Å²) < 4.78 is 0. The van der Waals surface area contributed by atoms with Gasteiger partial charge in [-0.15, -0.1) is 0 Å². The maximum Gasteiger partial charge on any atom is 0.242 e. The van der Waals surface area contributed by atoms with Gasteiger partial charge < -0.3 is 16.0 Å². The Balaban J connectivity index is 1.42. The number of anilines is 2. The second kappa shape index (κ2) is 13.6. The van der Waals surface area contributed by atoms with Crippen molar-refractivity contribution >= 4 is 51.8 Å². The molecule has 0 unspecified atom stereocenters. The first-order valence-corrected chi connectivity index (χ1v) is 14.6. The molecule has 1 atom stereocenters. The second-order valence-corrected chi connectivity index (χ2v) is 11.4. The summed E-state index contributed by atoms with van der Waals surface area (Å²) in [6, 6.07) is 26.4. The van der Waals surface area contributed by atoms with Crippen LogP contribution in [0.3, 0.4) is 0 Å². The van der Waals surface area contributed by atoms with Gasteiger partial charge in [0, 0.05) is 46.3 Å². The predicted molar refractivity (Wildman–Crippen MR) is 172 cm³/mol. The standard InChI is InChI=1S/C33H32Cl2N6O/c1-21(2)14-30(32(42)37-18-22-10-12-26(34)13-11-22)39-31-17-29(25-16-24-7-3-4-9-28(24)36-20-25)40-33(41-31)38-19-23-6-5-8-27(35)15-23/h3-13,15-17,20-21,30H,14,18-19H2,1-2H3,(H,37,42)(H2,38,39,40,41)/t30-/m1/s1. The molecule has 0 aliphatic carbocycles. The Kier molecular flexibility index (Phi) is 9.52. The highest BCUT2D eigenvalue weighted by atomic mass is 35.5. The smallest absolute Gasteiger partial charge is 0.242 e. The molecule has 0 aliphatic rings. The third-order valence-electron chi connectivity index (χ3n) is 6.68. The highest BCUT2D eigenvalue weighted by Gasteiger charge is 2.21. The third-order valence-corrected chi connectivity index (χ3v) is 7.16. The van der Waals surface area contributed by atoms with Gasteiger partial charge in [-0.1, -0.05) is 79.5 Å². The van der Waals surface area contributed by atoms with Gasteiger partial charge in [-0.05, 0) is 59.9 Å². The number of carbonyl (C=O) groups excluding carboxylic acids is 1.